The number of rotatable bonds is 5. The molecule has 2 aromatic carbocycles. The smallest absolute Gasteiger partial charge is 0.295 e. The summed E-state index contributed by atoms with van der Waals surface area (Å²) in [4.78, 5) is 26.8. The Morgan fingerprint density at radius 2 is 1.70 bits per heavy atom. The molecule has 0 unspecified atom stereocenters. The minimum absolute atomic E-state index is 0.0173. The number of nitro benzene ring substituents is 1. The number of anilines is 2. The summed E-state index contributed by atoms with van der Waals surface area (Å²) >= 11 is 5.63. The average molecular weight is 422 g/mol. The van der Waals surface area contributed by atoms with E-state index in [9.17, 15) is 14.9 Å². The van der Waals surface area contributed by atoms with Gasteiger partial charge in [0.1, 0.15) is 4.99 Å². The molecule has 1 fully saturated rings. The Hall–Kier alpha value is -3.66. The molecule has 0 spiro atoms. The fraction of sp³-hybridized carbons (Fsp3) is 0.200. The van der Waals surface area contributed by atoms with Gasteiger partial charge in [0, 0.05) is 36.5 Å². The van der Waals surface area contributed by atoms with Crippen molar-refractivity contribution in [1.29, 1.82) is 0 Å². The number of hydrogen-bond acceptors (Lipinski definition) is 7. The highest BCUT2D eigenvalue weighted by Crippen LogP contribution is 2.23. The van der Waals surface area contributed by atoms with E-state index in [1.165, 1.54) is 12.1 Å². The molecule has 152 valence electrons. The molecule has 0 aliphatic carbocycles. The molecule has 0 bridgehead atoms. The van der Waals surface area contributed by atoms with Gasteiger partial charge in [-0.1, -0.05) is 30.4 Å². The molecule has 0 amide bonds. The highest BCUT2D eigenvalue weighted by atomic mass is 32.1. The van der Waals surface area contributed by atoms with Crippen LogP contribution in [0.4, 0.5) is 17.2 Å². The van der Waals surface area contributed by atoms with Gasteiger partial charge in [0.05, 0.1) is 4.92 Å². The first-order valence-corrected chi connectivity index (χ1v) is 9.81. The molecule has 10 heteroatoms. The summed E-state index contributed by atoms with van der Waals surface area (Å²) in [5, 5.41) is 22.7. The molecular formula is C20H18N6O3S. The number of thiocarbonyl (C=S) groups is 1. The summed E-state index contributed by atoms with van der Waals surface area (Å²) in [7, 11) is 0. The number of nitrogens with zero attached hydrogens (tertiary/aromatic N) is 5. The van der Waals surface area contributed by atoms with E-state index < -0.39 is 4.92 Å². The van der Waals surface area contributed by atoms with Crippen molar-refractivity contribution in [3.63, 3.8) is 0 Å². The molecule has 0 radical (unpaired) electrons. The van der Waals surface area contributed by atoms with E-state index in [-0.39, 0.29) is 11.6 Å². The van der Waals surface area contributed by atoms with E-state index >= 15 is 0 Å². The Labute approximate surface area is 177 Å². The third kappa shape index (κ3) is 4.03. The zero-order chi connectivity index (χ0) is 21.1. The van der Waals surface area contributed by atoms with Gasteiger partial charge in [-0.25, -0.2) is 0 Å². The molecule has 1 aromatic heterocycles. The first kappa shape index (κ1) is 19.6. The van der Waals surface area contributed by atoms with Crippen LogP contribution in [0.5, 0.6) is 0 Å². The molecule has 1 N–H and O–H groups in total. The largest absolute Gasteiger partial charge is 0.361 e. The van der Waals surface area contributed by atoms with Crippen LogP contribution >= 0.6 is 12.2 Å². The minimum atomic E-state index is -0.466. The molecule has 1 aliphatic rings. The maximum absolute atomic E-state index is 12.8. The van der Waals surface area contributed by atoms with Gasteiger partial charge in [0.25, 0.3) is 11.6 Å². The highest BCUT2D eigenvalue weighted by Gasteiger charge is 2.25. The van der Waals surface area contributed by atoms with Crippen molar-refractivity contribution in [3.8, 4) is 0 Å². The zero-order valence-electron chi connectivity index (χ0n) is 15.9. The standard InChI is InChI=1S/C20H18N6O3S/c27-19(14-6-2-1-3-7-14)25-22-17(20(30)24-12-4-5-13-24)18(23-25)21-15-8-10-16(11-9-15)26(28)29/h1-3,6-11H,4-5,12-13H2,(H,21,23). The normalized spacial score (nSPS) is 13.3. The maximum Gasteiger partial charge on any atom is 0.295 e. The number of hydrogen-bond donors (Lipinski definition) is 1. The second-order valence-corrected chi connectivity index (χ2v) is 7.17. The maximum atomic E-state index is 12.8. The van der Waals surface area contributed by atoms with Gasteiger partial charge in [-0.15, -0.1) is 15.0 Å². The van der Waals surface area contributed by atoms with Gasteiger partial charge >= 0.3 is 0 Å². The fourth-order valence-electron chi connectivity index (χ4n) is 3.19. The van der Waals surface area contributed by atoms with E-state index in [2.05, 4.69) is 15.5 Å². The van der Waals surface area contributed by atoms with Crippen LogP contribution in [0.2, 0.25) is 0 Å². The van der Waals surface area contributed by atoms with Gasteiger partial charge in [0.2, 0.25) is 0 Å². The predicted molar refractivity (Wildman–Crippen MR) is 115 cm³/mol. The number of likely N-dealkylation sites (tertiary alicyclic amines) is 1. The van der Waals surface area contributed by atoms with Crippen molar-refractivity contribution in [2.75, 3.05) is 18.4 Å². The van der Waals surface area contributed by atoms with Crippen LogP contribution in [-0.2, 0) is 0 Å². The van der Waals surface area contributed by atoms with Gasteiger partial charge in [-0.2, -0.15) is 0 Å². The second kappa shape index (κ2) is 8.37. The summed E-state index contributed by atoms with van der Waals surface area (Å²) in [5.74, 6) is -0.0529. The summed E-state index contributed by atoms with van der Waals surface area (Å²) in [6, 6.07) is 14.6. The van der Waals surface area contributed by atoms with Crippen molar-refractivity contribution in [1.82, 2.24) is 19.9 Å². The third-order valence-electron chi connectivity index (χ3n) is 4.75. The van der Waals surface area contributed by atoms with Crippen molar-refractivity contribution < 1.29 is 9.72 Å². The van der Waals surface area contributed by atoms with Crippen LogP contribution < -0.4 is 5.32 Å². The van der Waals surface area contributed by atoms with Crippen molar-refractivity contribution in [2.45, 2.75) is 12.8 Å². The summed E-state index contributed by atoms with van der Waals surface area (Å²) < 4.78 is 0. The number of benzene rings is 2. The molecule has 9 nitrogen and oxygen atoms in total. The lowest BCUT2D eigenvalue weighted by Crippen LogP contribution is -2.28. The number of aromatic nitrogens is 3. The molecular weight excluding hydrogens is 404 g/mol. The number of carbonyl (C=O) groups is 1. The fourth-order valence-corrected chi connectivity index (χ4v) is 3.52. The van der Waals surface area contributed by atoms with Crippen molar-refractivity contribution >= 4 is 40.3 Å². The quantitative estimate of drug-likeness (QED) is 0.379. The number of nitro groups is 1. The lowest BCUT2D eigenvalue weighted by molar-refractivity contribution is -0.384. The Bertz CT molecular complexity index is 1090. The molecule has 1 saturated heterocycles. The van der Waals surface area contributed by atoms with Gasteiger partial charge < -0.3 is 10.2 Å². The van der Waals surface area contributed by atoms with Gasteiger partial charge in [-0.3, -0.25) is 14.9 Å². The van der Waals surface area contributed by atoms with E-state index in [1.54, 1.807) is 36.4 Å². The lowest BCUT2D eigenvalue weighted by atomic mass is 10.2. The van der Waals surface area contributed by atoms with E-state index in [0.29, 0.717) is 27.8 Å². The first-order chi connectivity index (χ1) is 14.5. The van der Waals surface area contributed by atoms with E-state index in [1.807, 2.05) is 11.0 Å². The Kier molecular flexibility index (Phi) is 5.48. The van der Waals surface area contributed by atoms with Crippen LogP contribution in [0.15, 0.2) is 54.6 Å². The monoisotopic (exact) mass is 422 g/mol. The van der Waals surface area contributed by atoms with Gasteiger partial charge in [0.15, 0.2) is 11.5 Å². The van der Waals surface area contributed by atoms with Crippen molar-refractivity contribution in [3.05, 3.63) is 76.0 Å². The Balaban J connectivity index is 1.67. The second-order valence-electron chi connectivity index (χ2n) is 6.79. The van der Waals surface area contributed by atoms with Crippen LogP contribution in [-0.4, -0.2) is 48.8 Å². The summed E-state index contributed by atoms with van der Waals surface area (Å²) in [5.41, 5.74) is 1.41. The number of nitrogens with one attached hydrogen (secondary N) is 1. The summed E-state index contributed by atoms with van der Waals surface area (Å²) in [6.07, 6.45) is 2.09. The lowest BCUT2D eigenvalue weighted by Gasteiger charge is -2.17. The van der Waals surface area contributed by atoms with E-state index in [0.717, 1.165) is 30.7 Å². The van der Waals surface area contributed by atoms with Crippen LogP contribution in [0, 0.1) is 10.1 Å². The van der Waals surface area contributed by atoms with E-state index in [4.69, 9.17) is 12.2 Å². The first-order valence-electron chi connectivity index (χ1n) is 9.41. The van der Waals surface area contributed by atoms with Crippen molar-refractivity contribution in [2.24, 2.45) is 0 Å². The minimum Gasteiger partial charge on any atom is -0.361 e. The SMILES string of the molecule is O=C(c1ccccc1)n1nc(Nc2ccc([N+](=O)[O-])cc2)c(C(=S)N2CCCC2)n1. The van der Waals surface area contributed by atoms with Crippen LogP contribution in [0.1, 0.15) is 28.9 Å². The highest BCUT2D eigenvalue weighted by molar-refractivity contribution is 7.80. The summed E-state index contributed by atoms with van der Waals surface area (Å²) in [6.45, 7) is 1.66. The van der Waals surface area contributed by atoms with Crippen LogP contribution in [0.25, 0.3) is 0 Å². The van der Waals surface area contributed by atoms with Gasteiger partial charge in [-0.05, 0) is 37.1 Å². The predicted octanol–water partition coefficient (Wildman–Crippen LogP) is 3.39. The molecule has 4 rings (SSSR count). The molecule has 30 heavy (non-hydrogen) atoms. The Morgan fingerprint density at radius 1 is 1.03 bits per heavy atom. The zero-order valence-corrected chi connectivity index (χ0v) is 16.7. The average Bonchev–Trinajstić information content (AvgIpc) is 3.44. The number of non-ortho nitro benzene ring substituents is 1. The molecule has 3 aromatic rings. The third-order valence-corrected chi connectivity index (χ3v) is 5.20. The molecule has 2 heterocycles. The van der Waals surface area contributed by atoms with Crippen LogP contribution in [0.3, 0.4) is 0 Å². The molecule has 0 atom stereocenters. The number of carbonyl (C=O) groups excluding carboxylic acids is 1. The molecule has 0 saturated carbocycles. The molecule has 1 aliphatic heterocycles. The topological polar surface area (TPSA) is 106 Å². The Morgan fingerprint density at radius 3 is 2.33 bits per heavy atom.